The Labute approximate surface area is 103 Å². The summed E-state index contributed by atoms with van der Waals surface area (Å²) >= 11 is 0. The zero-order valence-corrected chi connectivity index (χ0v) is 10.3. The van der Waals surface area contributed by atoms with Crippen LogP contribution in [0, 0.1) is 11.8 Å². The number of rotatable bonds is 4. The van der Waals surface area contributed by atoms with Crippen molar-refractivity contribution >= 4 is 16.5 Å². The number of anilines is 1. The van der Waals surface area contributed by atoms with Crippen LogP contribution in [0.4, 0.5) is 5.69 Å². The van der Waals surface area contributed by atoms with E-state index in [1.807, 2.05) is 0 Å². The summed E-state index contributed by atoms with van der Waals surface area (Å²) in [6, 6.07) is 15.1. The van der Waals surface area contributed by atoms with Crippen LogP contribution in [0.1, 0.15) is 19.8 Å². The van der Waals surface area contributed by atoms with Gasteiger partial charge >= 0.3 is 0 Å². The number of hydrogen-bond donors (Lipinski definition) is 1. The van der Waals surface area contributed by atoms with Crippen LogP contribution in [0.25, 0.3) is 10.8 Å². The summed E-state index contributed by atoms with van der Waals surface area (Å²) in [5.41, 5.74) is 1.25. The predicted molar refractivity (Wildman–Crippen MR) is 74.3 cm³/mol. The first-order chi connectivity index (χ1) is 8.33. The summed E-state index contributed by atoms with van der Waals surface area (Å²) in [6.07, 6.45) is 2.86. The molecule has 0 heterocycles. The number of fused-ring (bicyclic) bond motifs is 1. The molecule has 0 saturated heterocycles. The SMILES string of the molecule is CC(CNc1ccc2ccccc2c1)C1CC1. The van der Waals surface area contributed by atoms with Crippen molar-refractivity contribution in [2.45, 2.75) is 19.8 Å². The van der Waals surface area contributed by atoms with Gasteiger partial charge in [0, 0.05) is 12.2 Å². The van der Waals surface area contributed by atoms with Gasteiger partial charge in [-0.25, -0.2) is 0 Å². The van der Waals surface area contributed by atoms with Crippen molar-refractivity contribution in [3.8, 4) is 0 Å². The lowest BCUT2D eigenvalue weighted by Gasteiger charge is -2.13. The molecule has 0 aliphatic heterocycles. The maximum Gasteiger partial charge on any atom is 0.0346 e. The molecule has 0 amide bonds. The molecule has 88 valence electrons. The first-order valence-electron chi connectivity index (χ1n) is 6.55. The van der Waals surface area contributed by atoms with Gasteiger partial charge in [0.25, 0.3) is 0 Å². The second-order valence-corrected chi connectivity index (χ2v) is 5.26. The molecule has 17 heavy (non-hydrogen) atoms. The third-order valence-corrected chi connectivity index (χ3v) is 3.80. The maximum absolute atomic E-state index is 3.56. The smallest absolute Gasteiger partial charge is 0.0346 e. The minimum Gasteiger partial charge on any atom is -0.385 e. The lowest BCUT2D eigenvalue weighted by Crippen LogP contribution is -2.12. The van der Waals surface area contributed by atoms with E-state index in [1.165, 1.54) is 29.3 Å². The van der Waals surface area contributed by atoms with E-state index >= 15 is 0 Å². The molecular weight excluding hydrogens is 206 g/mol. The van der Waals surface area contributed by atoms with Crippen LogP contribution >= 0.6 is 0 Å². The Hall–Kier alpha value is -1.50. The summed E-state index contributed by atoms with van der Waals surface area (Å²) in [5.74, 6) is 1.78. The molecule has 1 heteroatoms. The number of hydrogen-bond acceptors (Lipinski definition) is 1. The molecule has 0 aromatic heterocycles. The molecule has 1 unspecified atom stereocenters. The average molecular weight is 225 g/mol. The van der Waals surface area contributed by atoms with E-state index in [2.05, 4.69) is 54.7 Å². The number of nitrogens with one attached hydrogen (secondary N) is 1. The van der Waals surface area contributed by atoms with E-state index in [9.17, 15) is 0 Å². The third kappa shape index (κ3) is 2.44. The third-order valence-electron chi connectivity index (χ3n) is 3.80. The van der Waals surface area contributed by atoms with Gasteiger partial charge in [-0.05, 0) is 47.6 Å². The minimum atomic E-state index is 0.807. The fourth-order valence-corrected chi connectivity index (χ4v) is 2.41. The molecule has 1 aliphatic carbocycles. The fraction of sp³-hybridized carbons (Fsp3) is 0.375. The molecule has 1 nitrogen and oxygen atoms in total. The van der Waals surface area contributed by atoms with Crippen molar-refractivity contribution in [1.82, 2.24) is 0 Å². The van der Waals surface area contributed by atoms with E-state index in [1.54, 1.807) is 0 Å². The van der Waals surface area contributed by atoms with E-state index in [4.69, 9.17) is 0 Å². The molecule has 3 rings (SSSR count). The van der Waals surface area contributed by atoms with Gasteiger partial charge in [-0.15, -0.1) is 0 Å². The molecule has 0 radical (unpaired) electrons. The lowest BCUT2D eigenvalue weighted by molar-refractivity contribution is 0.536. The lowest BCUT2D eigenvalue weighted by atomic mass is 10.1. The Morgan fingerprint density at radius 3 is 2.65 bits per heavy atom. The van der Waals surface area contributed by atoms with Crippen molar-refractivity contribution in [3.63, 3.8) is 0 Å². The van der Waals surface area contributed by atoms with E-state index in [-0.39, 0.29) is 0 Å². The first kappa shape index (κ1) is 10.6. The summed E-state index contributed by atoms with van der Waals surface area (Å²) in [4.78, 5) is 0. The van der Waals surface area contributed by atoms with Gasteiger partial charge in [-0.3, -0.25) is 0 Å². The molecule has 1 atom stereocenters. The Kier molecular flexibility index (Phi) is 2.76. The van der Waals surface area contributed by atoms with Gasteiger partial charge in [0.1, 0.15) is 0 Å². The predicted octanol–water partition coefficient (Wildman–Crippen LogP) is 4.30. The fourth-order valence-electron chi connectivity index (χ4n) is 2.41. The molecule has 1 N–H and O–H groups in total. The molecule has 1 saturated carbocycles. The second kappa shape index (κ2) is 4.40. The molecular formula is C16H19N. The van der Waals surface area contributed by atoms with Crippen LogP contribution in [-0.2, 0) is 0 Å². The Morgan fingerprint density at radius 2 is 1.88 bits per heavy atom. The largest absolute Gasteiger partial charge is 0.385 e. The van der Waals surface area contributed by atoms with E-state index in [0.717, 1.165) is 18.4 Å². The summed E-state index contributed by atoms with van der Waals surface area (Å²) in [5, 5.41) is 6.19. The van der Waals surface area contributed by atoms with E-state index in [0.29, 0.717) is 0 Å². The second-order valence-electron chi connectivity index (χ2n) is 5.26. The molecule has 2 aromatic rings. The Bertz CT molecular complexity index is 514. The van der Waals surface area contributed by atoms with Gasteiger partial charge in [-0.2, -0.15) is 0 Å². The summed E-state index contributed by atoms with van der Waals surface area (Å²) < 4.78 is 0. The van der Waals surface area contributed by atoms with Crippen LogP contribution in [0.3, 0.4) is 0 Å². The maximum atomic E-state index is 3.56. The average Bonchev–Trinajstić information content (AvgIpc) is 3.20. The van der Waals surface area contributed by atoms with Gasteiger partial charge in [-0.1, -0.05) is 37.3 Å². The van der Waals surface area contributed by atoms with Crippen molar-refractivity contribution < 1.29 is 0 Å². The summed E-state index contributed by atoms with van der Waals surface area (Å²) in [7, 11) is 0. The highest BCUT2D eigenvalue weighted by molar-refractivity contribution is 5.85. The topological polar surface area (TPSA) is 12.0 Å². The van der Waals surface area contributed by atoms with Gasteiger partial charge < -0.3 is 5.32 Å². The van der Waals surface area contributed by atoms with Crippen molar-refractivity contribution in [1.29, 1.82) is 0 Å². The van der Waals surface area contributed by atoms with Crippen LogP contribution in [0.5, 0.6) is 0 Å². The zero-order chi connectivity index (χ0) is 11.7. The molecule has 2 aromatic carbocycles. The van der Waals surface area contributed by atoms with Gasteiger partial charge in [0.15, 0.2) is 0 Å². The van der Waals surface area contributed by atoms with Crippen molar-refractivity contribution in [2.75, 3.05) is 11.9 Å². The molecule has 1 fully saturated rings. The highest BCUT2D eigenvalue weighted by Crippen LogP contribution is 2.36. The van der Waals surface area contributed by atoms with Crippen LogP contribution < -0.4 is 5.32 Å². The normalized spacial score (nSPS) is 17.0. The zero-order valence-electron chi connectivity index (χ0n) is 10.3. The first-order valence-corrected chi connectivity index (χ1v) is 6.55. The Balaban J connectivity index is 1.71. The molecule has 0 spiro atoms. The Morgan fingerprint density at radius 1 is 1.12 bits per heavy atom. The summed E-state index contributed by atoms with van der Waals surface area (Å²) in [6.45, 7) is 3.45. The van der Waals surface area contributed by atoms with Crippen LogP contribution in [0.2, 0.25) is 0 Å². The monoisotopic (exact) mass is 225 g/mol. The minimum absolute atomic E-state index is 0.807. The van der Waals surface area contributed by atoms with Gasteiger partial charge in [0.05, 0.1) is 0 Å². The standard InChI is InChI=1S/C16H19N/c1-12(13-6-7-13)11-17-16-9-8-14-4-2-3-5-15(14)10-16/h2-5,8-10,12-13,17H,6-7,11H2,1H3. The van der Waals surface area contributed by atoms with Crippen LogP contribution in [0.15, 0.2) is 42.5 Å². The quantitative estimate of drug-likeness (QED) is 0.818. The number of benzene rings is 2. The molecule has 1 aliphatic rings. The highest BCUT2D eigenvalue weighted by Gasteiger charge is 2.27. The van der Waals surface area contributed by atoms with Crippen molar-refractivity contribution in [3.05, 3.63) is 42.5 Å². The van der Waals surface area contributed by atoms with Gasteiger partial charge in [0.2, 0.25) is 0 Å². The van der Waals surface area contributed by atoms with E-state index < -0.39 is 0 Å². The van der Waals surface area contributed by atoms with Crippen molar-refractivity contribution in [2.24, 2.45) is 11.8 Å². The molecule has 0 bridgehead atoms. The van der Waals surface area contributed by atoms with Crippen LogP contribution in [-0.4, -0.2) is 6.54 Å². The highest BCUT2D eigenvalue weighted by atomic mass is 14.9.